The lowest BCUT2D eigenvalue weighted by molar-refractivity contribution is -0.118. The number of carbonyl (C=O) groups is 1. The van der Waals surface area contributed by atoms with E-state index >= 15 is 0 Å². The molecule has 0 saturated carbocycles. The van der Waals surface area contributed by atoms with Gasteiger partial charge in [-0.2, -0.15) is 5.10 Å². The molecule has 0 aliphatic rings. The molecule has 1 heterocycles. The Kier molecular flexibility index (Phi) is 7.42. The van der Waals surface area contributed by atoms with Gasteiger partial charge in [-0.3, -0.25) is 4.79 Å². The molecule has 0 bridgehead atoms. The summed E-state index contributed by atoms with van der Waals surface area (Å²) in [6, 6.07) is 17.3. The van der Waals surface area contributed by atoms with Gasteiger partial charge >= 0.3 is 0 Å². The Morgan fingerprint density at radius 3 is 2.34 bits per heavy atom. The summed E-state index contributed by atoms with van der Waals surface area (Å²) in [6.45, 7) is 4.05. The number of nitrogens with one attached hydrogen (secondary N) is 1. The van der Waals surface area contributed by atoms with E-state index in [-0.39, 0.29) is 5.91 Å². The van der Waals surface area contributed by atoms with Crippen molar-refractivity contribution >= 4 is 47.1 Å². The Balaban J connectivity index is 1.54. The van der Waals surface area contributed by atoms with Crippen LogP contribution < -0.4 is 5.43 Å². The van der Waals surface area contributed by atoms with Crippen molar-refractivity contribution in [2.24, 2.45) is 5.10 Å². The first-order valence-corrected chi connectivity index (χ1v) is 10.9. The number of thioether (sulfide) groups is 1. The van der Waals surface area contributed by atoms with E-state index in [9.17, 15) is 4.79 Å². The molecule has 0 atom stereocenters. The molecule has 1 N–H and O–H groups in total. The van der Waals surface area contributed by atoms with Crippen molar-refractivity contribution in [2.75, 3.05) is 5.75 Å². The number of hydrogen-bond acceptors (Lipinski definition) is 3. The van der Waals surface area contributed by atoms with Crippen molar-refractivity contribution in [3.05, 3.63) is 87.2 Å². The van der Waals surface area contributed by atoms with Gasteiger partial charge in [0.05, 0.1) is 12.0 Å². The third kappa shape index (κ3) is 5.89. The maximum atomic E-state index is 12.0. The van der Waals surface area contributed by atoms with E-state index in [1.54, 1.807) is 6.21 Å². The average molecular weight is 446 g/mol. The first kappa shape index (κ1) is 21.5. The van der Waals surface area contributed by atoms with Crippen LogP contribution in [0.25, 0.3) is 5.69 Å². The number of aryl methyl sites for hydroxylation is 1. The highest BCUT2D eigenvalue weighted by molar-refractivity contribution is 7.99. The lowest BCUT2D eigenvalue weighted by Gasteiger charge is -2.09. The fourth-order valence-corrected chi connectivity index (χ4v) is 3.99. The molecule has 3 rings (SSSR count). The molecule has 0 saturated heterocycles. The van der Waals surface area contributed by atoms with Crippen molar-refractivity contribution < 1.29 is 4.79 Å². The Morgan fingerprint density at radius 1 is 1.07 bits per heavy atom. The standard InChI is InChI=1S/C22H21Cl2N3OS/c1-15-11-18(16(2)27(15)21-9-7-20(24)8-10-21)12-25-26-22(28)14-29-13-17-3-5-19(23)6-4-17/h3-12H,13-14H2,1-2H3,(H,26,28)/b25-12+. The van der Waals surface area contributed by atoms with Crippen LogP contribution in [0.2, 0.25) is 10.0 Å². The Bertz CT molecular complexity index is 1010. The summed E-state index contributed by atoms with van der Waals surface area (Å²) >= 11 is 13.4. The number of halogens is 2. The van der Waals surface area contributed by atoms with Crippen molar-refractivity contribution in [1.82, 2.24) is 9.99 Å². The summed E-state index contributed by atoms with van der Waals surface area (Å²) < 4.78 is 2.13. The normalized spacial score (nSPS) is 11.2. The molecular weight excluding hydrogens is 425 g/mol. The minimum Gasteiger partial charge on any atom is -0.318 e. The first-order valence-electron chi connectivity index (χ1n) is 9.03. The zero-order valence-corrected chi connectivity index (χ0v) is 18.5. The van der Waals surface area contributed by atoms with Crippen molar-refractivity contribution in [1.29, 1.82) is 0 Å². The maximum absolute atomic E-state index is 12.0. The highest BCUT2D eigenvalue weighted by Crippen LogP contribution is 2.21. The quantitative estimate of drug-likeness (QED) is 0.369. The SMILES string of the molecule is Cc1cc(/C=N/NC(=O)CSCc2ccc(Cl)cc2)c(C)n1-c1ccc(Cl)cc1. The number of aromatic nitrogens is 1. The van der Waals surface area contributed by atoms with E-state index in [4.69, 9.17) is 23.2 Å². The molecule has 0 radical (unpaired) electrons. The number of hydrogen-bond donors (Lipinski definition) is 1. The number of amides is 1. The Morgan fingerprint density at radius 2 is 1.69 bits per heavy atom. The lowest BCUT2D eigenvalue weighted by Crippen LogP contribution is -2.19. The fraction of sp³-hybridized carbons (Fsp3) is 0.182. The van der Waals surface area contributed by atoms with Crippen LogP contribution >= 0.6 is 35.0 Å². The van der Waals surface area contributed by atoms with Gasteiger partial charge in [0.25, 0.3) is 0 Å². The average Bonchev–Trinajstić information content (AvgIpc) is 2.98. The summed E-state index contributed by atoms with van der Waals surface area (Å²) in [5, 5.41) is 5.52. The summed E-state index contributed by atoms with van der Waals surface area (Å²) in [4.78, 5) is 12.0. The molecule has 1 aromatic heterocycles. The second-order valence-corrected chi connectivity index (χ2v) is 8.41. The predicted octanol–water partition coefficient (Wildman–Crippen LogP) is 5.78. The molecule has 0 aliphatic carbocycles. The second kappa shape index (κ2) is 10.0. The first-order chi connectivity index (χ1) is 13.9. The predicted molar refractivity (Wildman–Crippen MR) is 124 cm³/mol. The molecule has 7 heteroatoms. The van der Waals surface area contributed by atoms with E-state index in [0.717, 1.165) is 34.0 Å². The second-order valence-electron chi connectivity index (χ2n) is 6.55. The minimum atomic E-state index is -0.133. The molecule has 150 valence electrons. The van der Waals surface area contributed by atoms with Crippen LogP contribution in [-0.4, -0.2) is 22.4 Å². The fourth-order valence-electron chi connectivity index (χ4n) is 2.95. The maximum Gasteiger partial charge on any atom is 0.250 e. The van der Waals surface area contributed by atoms with Crippen LogP contribution in [0.5, 0.6) is 0 Å². The lowest BCUT2D eigenvalue weighted by atomic mass is 10.2. The largest absolute Gasteiger partial charge is 0.318 e. The highest BCUT2D eigenvalue weighted by atomic mass is 35.5. The third-order valence-corrected chi connectivity index (χ3v) is 5.87. The third-order valence-electron chi connectivity index (χ3n) is 4.36. The van der Waals surface area contributed by atoms with E-state index < -0.39 is 0 Å². The number of hydrazone groups is 1. The monoisotopic (exact) mass is 445 g/mol. The van der Waals surface area contributed by atoms with Crippen LogP contribution in [0.15, 0.2) is 59.7 Å². The zero-order valence-electron chi connectivity index (χ0n) is 16.2. The molecule has 0 unspecified atom stereocenters. The molecule has 4 nitrogen and oxygen atoms in total. The molecule has 0 spiro atoms. The highest BCUT2D eigenvalue weighted by Gasteiger charge is 2.09. The van der Waals surface area contributed by atoms with Gasteiger partial charge < -0.3 is 4.57 Å². The smallest absolute Gasteiger partial charge is 0.250 e. The van der Waals surface area contributed by atoms with E-state index in [1.807, 2.05) is 68.4 Å². The summed E-state index contributed by atoms with van der Waals surface area (Å²) in [6.07, 6.45) is 1.68. The van der Waals surface area contributed by atoms with Gasteiger partial charge in [0.2, 0.25) is 5.91 Å². The summed E-state index contributed by atoms with van der Waals surface area (Å²) in [5.74, 6) is 0.951. The molecule has 0 fully saturated rings. The summed E-state index contributed by atoms with van der Waals surface area (Å²) in [7, 11) is 0. The number of benzene rings is 2. The number of nitrogens with zero attached hydrogens (tertiary/aromatic N) is 2. The van der Waals surface area contributed by atoms with Crippen LogP contribution in [-0.2, 0) is 10.5 Å². The van der Waals surface area contributed by atoms with Gasteiger partial charge in [-0.25, -0.2) is 5.43 Å². The van der Waals surface area contributed by atoms with E-state index in [2.05, 4.69) is 15.1 Å². The van der Waals surface area contributed by atoms with Gasteiger partial charge in [0.1, 0.15) is 0 Å². The molecule has 29 heavy (non-hydrogen) atoms. The molecule has 0 aliphatic heterocycles. The number of carbonyl (C=O) groups excluding carboxylic acids is 1. The Labute approximate surface area is 184 Å². The van der Waals surface area contributed by atoms with Gasteiger partial charge in [-0.05, 0) is 61.9 Å². The van der Waals surface area contributed by atoms with Crippen molar-refractivity contribution in [3.8, 4) is 5.69 Å². The topological polar surface area (TPSA) is 46.4 Å². The summed E-state index contributed by atoms with van der Waals surface area (Å²) in [5.41, 5.74) is 7.83. The van der Waals surface area contributed by atoms with Crippen LogP contribution in [0.4, 0.5) is 0 Å². The molecule has 2 aromatic carbocycles. The number of rotatable bonds is 7. The van der Waals surface area contributed by atoms with Gasteiger partial charge in [0.15, 0.2) is 0 Å². The van der Waals surface area contributed by atoms with Crippen LogP contribution in [0.3, 0.4) is 0 Å². The van der Waals surface area contributed by atoms with Crippen molar-refractivity contribution in [2.45, 2.75) is 19.6 Å². The zero-order chi connectivity index (χ0) is 20.8. The molecule has 3 aromatic rings. The Hall–Kier alpha value is -2.21. The van der Waals surface area contributed by atoms with Crippen molar-refractivity contribution in [3.63, 3.8) is 0 Å². The molecular formula is C22H21Cl2N3OS. The van der Waals surface area contributed by atoms with Gasteiger partial charge in [-0.1, -0.05) is 35.3 Å². The molecule has 1 amide bonds. The van der Waals surface area contributed by atoms with Crippen LogP contribution in [0, 0.1) is 13.8 Å². The van der Waals surface area contributed by atoms with E-state index in [0.29, 0.717) is 15.8 Å². The van der Waals surface area contributed by atoms with Crippen LogP contribution in [0.1, 0.15) is 22.5 Å². The van der Waals surface area contributed by atoms with E-state index in [1.165, 1.54) is 11.8 Å². The van der Waals surface area contributed by atoms with Gasteiger partial charge in [0, 0.05) is 38.4 Å². The minimum absolute atomic E-state index is 0.133. The van der Waals surface area contributed by atoms with Gasteiger partial charge in [-0.15, -0.1) is 11.8 Å².